The second kappa shape index (κ2) is 3.75. The highest BCUT2D eigenvalue weighted by molar-refractivity contribution is 6.06. The number of hydrogen-bond donors (Lipinski definition) is 0. The highest BCUT2D eigenvalue weighted by atomic mass is 16.2. The number of nitrogens with zero attached hydrogens (tertiary/aromatic N) is 1. The van der Waals surface area contributed by atoms with Gasteiger partial charge in [-0.1, -0.05) is 31.4 Å². The molecular weight excluding hydrogens is 250 g/mol. The second-order valence-corrected chi connectivity index (χ2v) is 7.49. The lowest BCUT2D eigenvalue weighted by atomic mass is 9.63. The monoisotopic (exact) mass is 271 g/mol. The van der Waals surface area contributed by atoms with E-state index in [0.29, 0.717) is 23.7 Å². The van der Waals surface area contributed by atoms with Gasteiger partial charge in [-0.3, -0.25) is 14.5 Å². The van der Waals surface area contributed by atoms with Crippen molar-refractivity contribution in [2.75, 3.05) is 0 Å². The third kappa shape index (κ3) is 1.27. The molecule has 1 aliphatic heterocycles. The molecule has 4 fully saturated rings. The van der Waals surface area contributed by atoms with Crippen LogP contribution in [0.5, 0.6) is 0 Å². The van der Waals surface area contributed by atoms with Crippen molar-refractivity contribution in [3.63, 3.8) is 0 Å². The summed E-state index contributed by atoms with van der Waals surface area (Å²) in [7, 11) is 0. The third-order valence-electron chi connectivity index (χ3n) is 6.64. The molecule has 1 saturated heterocycles. The molecule has 0 aromatic carbocycles. The molecule has 3 nitrogen and oxygen atoms in total. The van der Waals surface area contributed by atoms with Crippen LogP contribution in [0.2, 0.25) is 0 Å². The first kappa shape index (κ1) is 11.5. The summed E-state index contributed by atoms with van der Waals surface area (Å²) < 4.78 is 0. The largest absolute Gasteiger partial charge is 0.279 e. The number of likely N-dealkylation sites (tertiary alicyclic amines) is 1. The molecule has 3 heteroatoms. The van der Waals surface area contributed by atoms with Crippen molar-refractivity contribution in [3.8, 4) is 0 Å². The van der Waals surface area contributed by atoms with Crippen molar-refractivity contribution in [1.29, 1.82) is 0 Å². The van der Waals surface area contributed by atoms with Crippen LogP contribution in [0, 0.1) is 35.5 Å². The van der Waals surface area contributed by atoms with Crippen molar-refractivity contribution in [2.45, 2.75) is 44.6 Å². The first-order chi connectivity index (χ1) is 9.77. The first-order valence-corrected chi connectivity index (χ1v) is 8.32. The van der Waals surface area contributed by atoms with Crippen molar-refractivity contribution < 1.29 is 9.59 Å². The fourth-order valence-corrected chi connectivity index (χ4v) is 5.68. The fraction of sp³-hybridized carbons (Fsp3) is 0.765. The molecule has 0 spiro atoms. The summed E-state index contributed by atoms with van der Waals surface area (Å²) in [6.07, 6.45) is 11.4. The molecule has 0 aromatic heterocycles. The Morgan fingerprint density at radius 1 is 0.850 bits per heavy atom. The van der Waals surface area contributed by atoms with E-state index in [1.165, 1.54) is 25.7 Å². The quantitative estimate of drug-likeness (QED) is 0.542. The van der Waals surface area contributed by atoms with Gasteiger partial charge in [0.2, 0.25) is 11.8 Å². The van der Waals surface area contributed by atoms with Crippen LogP contribution in [0.15, 0.2) is 12.2 Å². The average Bonchev–Trinajstić information content (AvgIpc) is 3.25. The second-order valence-electron chi connectivity index (χ2n) is 7.49. The van der Waals surface area contributed by atoms with Gasteiger partial charge in [-0.05, 0) is 42.9 Å². The van der Waals surface area contributed by atoms with Crippen LogP contribution in [0.4, 0.5) is 0 Å². The van der Waals surface area contributed by atoms with Crippen molar-refractivity contribution in [1.82, 2.24) is 4.90 Å². The molecule has 0 N–H and O–H groups in total. The number of amides is 2. The molecular formula is C17H21NO2. The van der Waals surface area contributed by atoms with E-state index in [1.54, 1.807) is 4.90 Å². The fourth-order valence-electron chi connectivity index (χ4n) is 5.68. The highest BCUT2D eigenvalue weighted by Crippen LogP contribution is 2.65. The Balaban J connectivity index is 1.50. The topological polar surface area (TPSA) is 37.4 Å². The third-order valence-corrected chi connectivity index (χ3v) is 6.64. The predicted octanol–water partition coefficient (Wildman–Crippen LogP) is 2.37. The zero-order valence-corrected chi connectivity index (χ0v) is 11.7. The maximum atomic E-state index is 12.9. The molecule has 6 atom stereocenters. The average molecular weight is 271 g/mol. The van der Waals surface area contributed by atoms with E-state index in [-0.39, 0.29) is 29.7 Å². The number of imide groups is 1. The number of allylic oxidation sites excluding steroid dienone is 2. The van der Waals surface area contributed by atoms with Crippen LogP contribution in [0.1, 0.15) is 38.5 Å². The van der Waals surface area contributed by atoms with Gasteiger partial charge in [0.05, 0.1) is 11.8 Å². The van der Waals surface area contributed by atoms with Gasteiger partial charge in [0, 0.05) is 6.04 Å². The van der Waals surface area contributed by atoms with Crippen LogP contribution < -0.4 is 0 Å². The summed E-state index contributed by atoms with van der Waals surface area (Å²) in [5.74, 6) is 2.54. The first-order valence-electron chi connectivity index (χ1n) is 8.32. The highest BCUT2D eigenvalue weighted by Gasteiger charge is 2.67. The smallest absolute Gasteiger partial charge is 0.233 e. The molecule has 3 saturated carbocycles. The number of hydrogen-bond acceptors (Lipinski definition) is 2. The van der Waals surface area contributed by atoms with Gasteiger partial charge in [0.15, 0.2) is 0 Å². The van der Waals surface area contributed by atoms with Gasteiger partial charge in [0.25, 0.3) is 0 Å². The van der Waals surface area contributed by atoms with Crippen molar-refractivity contribution in [3.05, 3.63) is 12.2 Å². The van der Waals surface area contributed by atoms with Gasteiger partial charge in [-0.2, -0.15) is 0 Å². The van der Waals surface area contributed by atoms with Gasteiger partial charge in [-0.25, -0.2) is 0 Å². The van der Waals surface area contributed by atoms with E-state index < -0.39 is 0 Å². The minimum atomic E-state index is 0.00294. The summed E-state index contributed by atoms with van der Waals surface area (Å²) in [5, 5.41) is 0. The Bertz CT molecular complexity index is 483. The van der Waals surface area contributed by atoms with E-state index in [0.717, 1.165) is 12.8 Å². The zero-order valence-electron chi connectivity index (χ0n) is 11.7. The van der Waals surface area contributed by atoms with E-state index in [9.17, 15) is 9.59 Å². The van der Waals surface area contributed by atoms with Gasteiger partial charge < -0.3 is 0 Å². The Morgan fingerprint density at radius 3 is 1.95 bits per heavy atom. The molecule has 0 radical (unpaired) electrons. The number of carbonyl (C=O) groups is 2. The van der Waals surface area contributed by atoms with Gasteiger partial charge >= 0.3 is 0 Å². The molecule has 0 unspecified atom stereocenters. The van der Waals surface area contributed by atoms with E-state index >= 15 is 0 Å². The SMILES string of the molecule is O=C1[C@H]2[C@@H]3C=C[C@@H]([C@H]4C[C@@H]34)[C@@H]2C(=O)N1C1CCCCC1. The summed E-state index contributed by atoms with van der Waals surface area (Å²) in [6, 6.07) is 0.213. The maximum absolute atomic E-state index is 12.9. The molecule has 0 aromatic rings. The van der Waals surface area contributed by atoms with Gasteiger partial charge in [-0.15, -0.1) is 0 Å². The minimum absolute atomic E-state index is 0.00294. The van der Waals surface area contributed by atoms with Crippen LogP contribution in [-0.4, -0.2) is 22.8 Å². The summed E-state index contributed by atoms with van der Waals surface area (Å²) in [6.45, 7) is 0. The summed E-state index contributed by atoms with van der Waals surface area (Å²) >= 11 is 0. The van der Waals surface area contributed by atoms with Gasteiger partial charge in [0.1, 0.15) is 0 Å². The summed E-state index contributed by atoms with van der Waals surface area (Å²) in [5.41, 5.74) is 0. The Morgan fingerprint density at radius 2 is 1.40 bits per heavy atom. The molecule has 1 heterocycles. The van der Waals surface area contributed by atoms with Crippen LogP contribution in [0.3, 0.4) is 0 Å². The Labute approximate surface area is 119 Å². The lowest BCUT2D eigenvalue weighted by Gasteiger charge is -2.37. The Hall–Kier alpha value is -1.12. The van der Waals surface area contributed by atoms with Crippen molar-refractivity contribution in [2.24, 2.45) is 35.5 Å². The lowest BCUT2D eigenvalue weighted by Crippen LogP contribution is -2.42. The van der Waals surface area contributed by atoms with E-state index in [2.05, 4.69) is 12.2 Å². The molecule has 2 bridgehead atoms. The predicted molar refractivity (Wildman–Crippen MR) is 73.4 cm³/mol. The maximum Gasteiger partial charge on any atom is 0.233 e. The van der Waals surface area contributed by atoms with Crippen LogP contribution in [0.25, 0.3) is 0 Å². The zero-order chi connectivity index (χ0) is 13.4. The normalized spacial score (nSPS) is 49.5. The van der Waals surface area contributed by atoms with Crippen molar-refractivity contribution >= 4 is 11.8 Å². The minimum Gasteiger partial charge on any atom is -0.279 e. The number of rotatable bonds is 1. The summed E-state index contributed by atoms with van der Waals surface area (Å²) in [4.78, 5) is 27.5. The molecule has 106 valence electrons. The standard InChI is InChI=1S/C17H21NO2/c19-16-14-10-6-7-11(13-8-12(10)13)15(14)17(20)18(16)9-4-2-1-3-5-9/h6-7,9-15H,1-5,8H2/t10-,11+,12+,13-,14-,15-/m0/s1. The molecule has 20 heavy (non-hydrogen) atoms. The van der Waals surface area contributed by atoms with E-state index in [4.69, 9.17) is 0 Å². The number of carbonyl (C=O) groups excluding carboxylic acids is 2. The van der Waals surface area contributed by atoms with Crippen LogP contribution in [-0.2, 0) is 9.59 Å². The lowest BCUT2D eigenvalue weighted by molar-refractivity contribution is -0.143. The molecule has 6 aliphatic rings. The molecule has 6 rings (SSSR count). The van der Waals surface area contributed by atoms with Crippen LogP contribution >= 0.6 is 0 Å². The molecule has 5 aliphatic carbocycles. The Kier molecular flexibility index (Phi) is 2.16. The van der Waals surface area contributed by atoms with E-state index in [1.807, 2.05) is 0 Å². The molecule has 2 amide bonds.